The molecule has 17 heteroatoms. The summed E-state index contributed by atoms with van der Waals surface area (Å²) in [4.78, 5) is 0. The van der Waals surface area contributed by atoms with Crippen molar-refractivity contribution in [2.45, 2.75) is 145 Å². The number of ether oxygens (including phenoxy) is 12. The van der Waals surface area contributed by atoms with Crippen molar-refractivity contribution < 1.29 is 67.1 Å². The molecule has 0 spiro atoms. The van der Waals surface area contributed by atoms with E-state index in [1.165, 1.54) is 35.8 Å². The molecular weight excluding hydrogens is 1830 g/mol. The predicted molar refractivity (Wildman–Crippen MR) is 562 cm³/mol. The molecule has 2 N–H and O–H groups in total. The summed E-state index contributed by atoms with van der Waals surface area (Å²) in [6.07, 6.45) is 20.2. The monoisotopic (exact) mass is 1960 g/mol. The van der Waals surface area contributed by atoms with Gasteiger partial charge >= 0.3 is 212 Å². The van der Waals surface area contributed by atoms with Crippen LogP contribution >= 0.6 is 43.4 Å². The van der Waals surface area contributed by atoms with Gasteiger partial charge in [0.1, 0.15) is 69.0 Å². The number of unbranched alkanes of at least 4 members (excludes halogenated alkanes) is 7. The van der Waals surface area contributed by atoms with Gasteiger partial charge in [-0.1, -0.05) is 129 Å². The minimum atomic E-state index is -3.08. The van der Waals surface area contributed by atoms with Gasteiger partial charge in [0.05, 0.1) is 68.1 Å². The Labute approximate surface area is 797 Å². The Morgan fingerprint density at radius 2 is 0.626 bits per heavy atom. The van der Waals surface area contributed by atoms with Gasteiger partial charge in [-0.15, -0.1) is 0 Å². The van der Waals surface area contributed by atoms with Crippen LogP contribution in [0.3, 0.4) is 0 Å². The summed E-state index contributed by atoms with van der Waals surface area (Å²) < 4.78 is 70.0. The van der Waals surface area contributed by atoms with Gasteiger partial charge in [0.15, 0.2) is 0 Å². The van der Waals surface area contributed by atoms with Crippen LogP contribution in [-0.2, 0) is 6.16 Å². The third-order valence-electron chi connectivity index (χ3n) is 22.7. The van der Waals surface area contributed by atoms with E-state index in [-0.39, 0.29) is 11.5 Å². The first kappa shape index (κ1) is 100. The van der Waals surface area contributed by atoms with Gasteiger partial charge in [-0.25, -0.2) is 0 Å². The third kappa shape index (κ3) is 27.1. The van der Waals surface area contributed by atoms with Crippen molar-refractivity contribution in [2.75, 3.05) is 81.8 Å². The standard InChI is InChI=1S/C30H32BrO2P.C23H29IO3.2C23H28O3.C15H12O3/c1-3-4-20-33-27-22-25(21-26(23-27)32-2)24-34(31,28-14-8-5-9-15-28,29-16-10-6-11-17-29)30-18-12-7-13-19-30;1-4-6-12-26-20-10-11-23(24)19(16-20)9-8-18-14-21(25-3)17-22(15-18)27-13-7-5-2;1-4-6-12-25-19-10-11-21-17(14-19)8-9-18-15-20(26-13-7-5-2)16-22(24-3)23(18)21;1-4-6-12-25-19-10-11-21-17(14-19)8-9-18-15-20(24-3)16-22(23(18)21)26-13-7-5-2;1-18-12-7-10-3-2-9-6-11(16)4-5-13(9)15(10)14(17)8-12/h5-19,21-23H,3-4,20,24H2,1-2H3;8-11,14-17H,4-7,12-13H2,1-3H3;2*8-11,14-16H,4-7,12-13H2,1-3H3;2-8,16-17H,1H3/b;9-8-;;;. The van der Waals surface area contributed by atoms with Gasteiger partial charge in [0.25, 0.3) is 0 Å². The van der Waals surface area contributed by atoms with Gasteiger partial charge in [0, 0.05) is 44.0 Å². The molecule has 0 fully saturated rings. The maximum absolute atomic E-state index is 10.1. The number of phenolic OH excluding ortho intramolecular Hbond substituents is 2. The number of benzene rings is 15. The molecule has 15 aromatic rings. The Morgan fingerprint density at radius 3 is 1.09 bits per heavy atom. The molecule has 0 aliphatic rings. The van der Waals surface area contributed by atoms with E-state index in [4.69, 9.17) is 56.8 Å². The number of methoxy groups -OCH3 is 5. The van der Waals surface area contributed by atoms with E-state index in [9.17, 15) is 10.2 Å². The summed E-state index contributed by atoms with van der Waals surface area (Å²) in [6.45, 7) is 20.3. The number of halogens is 2. The van der Waals surface area contributed by atoms with Gasteiger partial charge in [-0.3, -0.25) is 0 Å². The predicted octanol–water partition coefficient (Wildman–Crippen LogP) is 30.2. The third-order valence-corrected chi connectivity index (χ3v) is 33.2. The zero-order chi connectivity index (χ0) is 92.8. The minimum Gasteiger partial charge on any atom is -0.508 e. The van der Waals surface area contributed by atoms with Crippen LogP contribution in [0, 0.1) is 3.57 Å². The molecule has 0 unspecified atom stereocenters. The fourth-order valence-corrected chi connectivity index (χ4v) is 23.7. The van der Waals surface area contributed by atoms with Crippen LogP contribution in [0.5, 0.6) is 80.5 Å². The first-order valence-corrected chi connectivity index (χ1v) is 51.6. The summed E-state index contributed by atoms with van der Waals surface area (Å²) in [6, 6.07) is 92.7. The van der Waals surface area contributed by atoms with Crippen LogP contribution in [0.25, 0.3) is 76.8 Å². The molecule has 0 bridgehead atoms. The maximum atomic E-state index is 10.1. The van der Waals surface area contributed by atoms with E-state index in [2.05, 4.69) is 281 Å². The minimum absolute atomic E-state index is 0.181. The molecule has 0 saturated heterocycles. The van der Waals surface area contributed by atoms with E-state index >= 15 is 0 Å². The topological polar surface area (TPSA) is 151 Å². The van der Waals surface area contributed by atoms with Gasteiger partial charge < -0.3 is 57.6 Å². The van der Waals surface area contributed by atoms with Crippen LogP contribution in [-0.4, -0.2) is 92.0 Å². The van der Waals surface area contributed by atoms with Crippen molar-refractivity contribution >= 4 is 136 Å². The van der Waals surface area contributed by atoms with Gasteiger partial charge in [-0.05, 0) is 224 Å². The summed E-state index contributed by atoms with van der Waals surface area (Å²) in [5.74, 6) is 10.5. The Morgan fingerprint density at radius 1 is 0.290 bits per heavy atom. The second kappa shape index (κ2) is 51.3. The average molecular weight is 1960 g/mol. The maximum Gasteiger partial charge on any atom is 0.131 e. The molecule has 0 radical (unpaired) electrons. The van der Waals surface area contributed by atoms with Crippen LogP contribution in [0.2, 0.25) is 0 Å². The van der Waals surface area contributed by atoms with Crippen LogP contribution < -0.4 is 72.8 Å². The molecule has 131 heavy (non-hydrogen) atoms. The number of aromatic hydroxyl groups is 2. The molecule has 15 aromatic carbocycles. The zero-order valence-corrected chi connectivity index (χ0v) is 82.8. The average Bonchev–Trinajstić information content (AvgIpc) is 0.700. The van der Waals surface area contributed by atoms with E-state index in [1.54, 1.807) is 59.8 Å². The number of phenols is 2. The van der Waals surface area contributed by atoms with Crippen LogP contribution in [0.15, 0.2) is 273 Å². The Hall–Kier alpha value is -11.6. The summed E-state index contributed by atoms with van der Waals surface area (Å²) in [7, 11) is 8.37. The fraction of sp³-hybridized carbons (Fsp3) is 0.298. The molecule has 0 heterocycles. The second-order valence-electron chi connectivity index (χ2n) is 32.3. The Bertz CT molecular complexity index is 6050. The van der Waals surface area contributed by atoms with Gasteiger partial charge in [-0.2, -0.15) is 0 Å². The van der Waals surface area contributed by atoms with Crippen molar-refractivity contribution in [1.82, 2.24) is 0 Å². The number of hydrogen-bond donors (Lipinski definition) is 2. The normalized spacial score (nSPS) is 11.4. The largest absolute Gasteiger partial charge is 0.508 e. The smallest absolute Gasteiger partial charge is 0.131 e. The van der Waals surface area contributed by atoms with E-state index in [0.717, 1.165) is 257 Å². The first-order valence-electron chi connectivity index (χ1n) is 46.1. The van der Waals surface area contributed by atoms with Crippen molar-refractivity contribution in [3.05, 3.63) is 293 Å². The molecule has 0 saturated carbocycles. The Balaban J connectivity index is 0.000000160. The van der Waals surface area contributed by atoms with Crippen molar-refractivity contribution in [3.63, 3.8) is 0 Å². The first-order chi connectivity index (χ1) is 63.9. The fourth-order valence-electron chi connectivity index (χ4n) is 15.5. The van der Waals surface area contributed by atoms with Crippen LogP contribution in [0.4, 0.5) is 0 Å². The van der Waals surface area contributed by atoms with Crippen molar-refractivity contribution in [1.29, 1.82) is 0 Å². The number of fused-ring (bicyclic) bond motifs is 9. The molecule has 14 nitrogen and oxygen atoms in total. The number of rotatable bonds is 40. The quantitative estimate of drug-likeness (QED) is 0.0123. The SMILES string of the molecule is CCCCOc1cc(/C=C\c2cc(OCCCC)ccc2I)cc(OC)c1.CCCCOc1cc(CP(Br)(c2ccccc2)(c2ccccc2)c2ccccc2)cc(OC)c1.CCCCOc1ccc2c(ccc3cc(OC)cc(OCCCC)c32)c1.CCCCOc1ccc2c(ccc3cc(OCCCC)cc(OC)c32)c1.COc1cc(O)c2c(ccc3cc(O)ccc32)c1. The zero-order valence-electron chi connectivity index (χ0n) is 78.2. The van der Waals surface area contributed by atoms with Crippen molar-refractivity contribution in [3.8, 4) is 80.5 Å². The molecule has 15 rings (SSSR count). The Kier molecular flexibility index (Phi) is 39.2. The molecule has 0 aliphatic heterocycles. The molecule has 688 valence electrons. The van der Waals surface area contributed by atoms with Crippen LogP contribution in [0.1, 0.15) is 155 Å². The summed E-state index contributed by atoms with van der Waals surface area (Å²) in [5.41, 5.74) is 3.37. The van der Waals surface area contributed by atoms with Crippen molar-refractivity contribution in [2.24, 2.45) is 0 Å². The molecular formula is C114H129BrIO14P. The van der Waals surface area contributed by atoms with Gasteiger partial charge in [0.2, 0.25) is 0 Å². The summed E-state index contributed by atoms with van der Waals surface area (Å²) >= 11 is 6.89. The molecule has 0 aliphatic carbocycles. The summed E-state index contributed by atoms with van der Waals surface area (Å²) in [5, 5.41) is 33.0. The molecule has 0 atom stereocenters. The molecule has 0 amide bonds. The second-order valence-corrected chi connectivity index (χ2v) is 42.4. The van der Waals surface area contributed by atoms with E-state index in [0.29, 0.717) is 19.0 Å². The van der Waals surface area contributed by atoms with E-state index < -0.39 is 5.31 Å². The molecule has 0 aromatic heterocycles. The number of hydrogen-bond acceptors (Lipinski definition) is 14. The van der Waals surface area contributed by atoms with E-state index in [1.807, 2.05) is 66.7 Å².